The Morgan fingerprint density at radius 2 is 2.07 bits per heavy atom. The maximum absolute atomic E-state index is 12.2. The third-order valence-corrected chi connectivity index (χ3v) is 2.59. The van der Waals surface area contributed by atoms with E-state index in [1.165, 1.54) is 0 Å². The van der Waals surface area contributed by atoms with Gasteiger partial charge < -0.3 is 11.1 Å². The molecule has 0 amide bonds. The Kier molecular flexibility index (Phi) is 5.42. The molecule has 5 heteroatoms. The van der Waals surface area contributed by atoms with Crippen LogP contribution in [0.15, 0.2) is 29.2 Å². The van der Waals surface area contributed by atoms with Crippen LogP contribution in [0.3, 0.4) is 0 Å². The summed E-state index contributed by atoms with van der Waals surface area (Å²) in [6.45, 7) is 1.30. The van der Waals surface area contributed by atoms with Crippen molar-refractivity contribution in [2.24, 2.45) is 5.73 Å². The Bertz CT molecular complexity index is 295. The first-order valence-corrected chi connectivity index (χ1v) is 5.60. The minimum Gasteiger partial charge on any atom is -0.384 e. The number of hydrogen-bond donors (Lipinski definition) is 2. The summed E-state index contributed by atoms with van der Waals surface area (Å²) in [4.78, 5) is 0.574. The number of nitrogens with two attached hydrogens (primary N) is 1. The second-order valence-corrected chi connectivity index (χ2v) is 3.98. The average Bonchev–Trinajstić information content (AvgIpc) is 2.20. The van der Waals surface area contributed by atoms with Crippen molar-refractivity contribution in [3.63, 3.8) is 0 Å². The van der Waals surface area contributed by atoms with Gasteiger partial charge in [-0.25, -0.2) is 0 Å². The molecule has 0 radical (unpaired) electrons. The zero-order valence-electron chi connectivity index (χ0n) is 8.25. The Labute approximate surface area is 92.2 Å². The normalized spacial score (nSPS) is 10.7. The molecule has 1 rings (SSSR count). The fourth-order valence-electron chi connectivity index (χ4n) is 1.14. The topological polar surface area (TPSA) is 38.0 Å². The summed E-state index contributed by atoms with van der Waals surface area (Å²) in [5.74, 6) is -2.39. The lowest BCUT2D eigenvalue weighted by Gasteiger charge is -2.10. The molecule has 1 aromatic rings. The second kappa shape index (κ2) is 6.63. The van der Waals surface area contributed by atoms with E-state index in [1.54, 1.807) is 18.2 Å². The van der Waals surface area contributed by atoms with E-state index in [0.717, 1.165) is 12.1 Å². The summed E-state index contributed by atoms with van der Waals surface area (Å²) in [6.07, 6.45) is 0.827. The van der Waals surface area contributed by atoms with Gasteiger partial charge in [0.05, 0.1) is 0 Å². The molecule has 0 atom stereocenters. The number of thioether (sulfide) groups is 1. The summed E-state index contributed by atoms with van der Waals surface area (Å²) < 4.78 is 24.4. The van der Waals surface area contributed by atoms with Crippen molar-refractivity contribution in [2.75, 3.05) is 18.4 Å². The van der Waals surface area contributed by atoms with Crippen LogP contribution in [0.1, 0.15) is 6.42 Å². The largest absolute Gasteiger partial charge is 0.384 e. The lowest BCUT2D eigenvalue weighted by molar-refractivity contribution is 0.252. The van der Waals surface area contributed by atoms with E-state index in [1.807, 2.05) is 6.07 Å². The van der Waals surface area contributed by atoms with Crippen molar-refractivity contribution in [1.82, 2.24) is 0 Å². The molecule has 0 aliphatic heterocycles. The highest BCUT2D eigenvalue weighted by molar-refractivity contribution is 7.99. The van der Waals surface area contributed by atoms with Gasteiger partial charge in [0.2, 0.25) is 0 Å². The summed E-state index contributed by atoms with van der Waals surface area (Å²) >= 11 is 0.556. The molecule has 0 spiro atoms. The van der Waals surface area contributed by atoms with Crippen molar-refractivity contribution in [3.8, 4) is 0 Å². The van der Waals surface area contributed by atoms with Gasteiger partial charge >= 0.3 is 0 Å². The number of halogens is 2. The summed E-state index contributed by atoms with van der Waals surface area (Å²) in [7, 11) is 0. The van der Waals surface area contributed by atoms with Gasteiger partial charge in [0.1, 0.15) is 0 Å². The van der Waals surface area contributed by atoms with Crippen LogP contribution in [0, 0.1) is 0 Å². The number of benzene rings is 1. The van der Waals surface area contributed by atoms with E-state index >= 15 is 0 Å². The molecular formula is C10H14F2N2S. The maximum atomic E-state index is 12.2. The van der Waals surface area contributed by atoms with Crippen molar-refractivity contribution in [2.45, 2.75) is 17.1 Å². The minimum absolute atomic E-state index is 0.556. The smallest absolute Gasteiger partial charge is 0.288 e. The molecule has 0 aromatic heterocycles. The predicted molar refractivity (Wildman–Crippen MR) is 60.5 cm³/mol. The maximum Gasteiger partial charge on any atom is 0.288 e. The quantitative estimate of drug-likeness (QED) is 0.585. The summed E-state index contributed by atoms with van der Waals surface area (Å²) in [6, 6.07) is 7.04. The Morgan fingerprint density at radius 3 is 2.73 bits per heavy atom. The van der Waals surface area contributed by atoms with Crippen LogP contribution in [0.5, 0.6) is 0 Å². The van der Waals surface area contributed by atoms with Gasteiger partial charge in [0, 0.05) is 17.1 Å². The van der Waals surface area contributed by atoms with Crippen LogP contribution < -0.4 is 11.1 Å². The van der Waals surface area contributed by atoms with Gasteiger partial charge in [-0.2, -0.15) is 8.78 Å². The first kappa shape index (κ1) is 12.3. The number of para-hydroxylation sites is 1. The van der Waals surface area contributed by atoms with Crippen LogP contribution in [0.2, 0.25) is 0 Å². The molecule has 0 aliphatic rings. The van der Waals surface area contributed by atoms with Crippen molar-refractivity contribution >= 4 is 17.4 Å². The molecule has 0 heterocycles. The highest BCUT2D eigenvalue weighted by Gasteiger charge is 2.08. The van der Waals surface area contributed by atoms with Crippen LogP contribution in [-0.2, 0) is 0 Å². The molecule has 15 heavy (non-hydrogen) atoms. The van der Waals surface area contributed by atoms with E-state index < -0.39 is 5.76 Å². The highest BCUT2D eigenvalue weighted by atomic mass is 32.2. The molecule has 0 saturated heterocycles. The Hall–Kier alpha value is -0.810. The zero-order chi connectivity index (χ0) is 11.1. The minimum atomic E-state index is -2.39. The van der Waals surface area contributed by atoms with Crippen LogP contribution in [-0.4, -0.2) is 18.8 Å². The molecule has 0 fully saturated rings. The molecule has 0 saturated carbocycles. The molecule has 2 nitrogen and oxygen atoms in total. The lowest BCUT2D eigenvalue weighted by atomic mass is 10.3. The SMILES string of the molecule is NCCCNc1ccccc1SC(F)F. The highest BCUT2D eigenvalue weighted by Crippen LogP contribution is 2.31. The van der Waals surface area contributed by atoms with Crippen LogP contribution in [0.4, 0.5) is 14.5 Å². The van der Waals surface area contributed by atoms with E-state index in [0.29, 0.717) is 29.7 Å². The van der Waals surface area contributed by atoms with E-state index in [4.69, 9.17) is 5.73 Å². The Morgan fingerprint density at radius 1 is 1.33 bits per heavy atom. The van der Waals surface area contributed by atoms with E-state index in [-0.39, 0.29) is 0 Å². The molecule has 0 aliphatic carbocycles. The molecule has 3 N–H and O–H groups in total. The third-order valence-electron chi connectivity index (χ3n) is 1.80. The van der Waals surface area contributed by atoms with Crippen molar-refractivity contribution in [3.05, 3.63) is 24.3 Å². The molecule has 0 bridgehead atoms. The Balaban J connectivity index is 2.60. The van der Waals surface area contributed by atoms with Crippen LogP contribution >= 0.6 is 11.8 Å². The van der Waals surface area contributed by atoms with Gasteiger partial charge in [0.15, 0.2) is 0 Å². The fourth-order valence-corrected chi connectivity index (χ4v) is 1.75. The third kappa shape index (κ3) is 4.48. The number of rotatable bonds is 6. The summed E-state index contributed by atoms with van der Waals surface area (Å²) in [5.41, 5.74) is 6.09. The van der Waals surface area contributed by atoms with Crippen molar-refractivity contribution in [1.29, 1.82) is 0 Å². The first-order chi connectivity index (χ1) is 7.24. The average molecular weight is 232 g/mol. The van der Waals surface area contributed by atoms with E-state index in [9.17, 15) is 8.78 Å². The van der Waals surface area contributed by atoms with Gasteiger partial charge in [-0.05, 0) is 25.1 Å². The van der Waals surface area contributed by atoms with Crippen molar-refractivity contribution < 1.29 is 8.78 Å². The van der Waals surface area contributed by atoms with Crippen LogP contribution in [0.25, 0.3) is 0 Å². The second-order valence-electron chi connectivity index (χ2n) is 2.94. The number of hydrogen-bond acceptors (Lipinski definition) is 3. The van der Waals surface area contributed by atoms with Gasteiger partial charge in [-0.15, -0.1) is 0 Å². The van der Waals surface area contributed by atoms with Gasteiger partial charge in [-0.1, -0.05) is 23.9 Å². The molecule has 1 aromatic carbocycles. The molecular weight excluding hydrogens is 218 g/mol. The monoisotopic (exact) mass is 232 g/mol. The summed E-state index contributed by atoms with van der Waals surface area (Å²) in [5, 5.41) is 3.09. The predicted octanol–water partition coefficient (Wildman–Crippen LogP) is 2.76. The van der Waals surface area contributed by atoms with Gasteiger partial charge in [0.25, 0.3) is 5.76 Å². The zero-order valence-corrected chi connectivity index (χ0v) is 9.07. The van der Waals surface area contributed by atoms with Gasteiger partial charge in [-0.3, -0.25) is 0 Å². The number of nitrogens with one attached hydrogen (secondary N) is 1. The lowest BCUT2D eigenvalue weighted by Crippen LogP contribution is -2.08. The molecule has 84 valence electrons. The molecule has 0 unspecified atom stereocenters. The van der Waals surface area contributed by atoms with E-state index in [2.05, 4.69) is 5.32 Å². The number of anilines is 1. The first-order valence-electron chi connectivity index (χ1n) is 4.72. The fraction of sp³-hybridized carbons (Fsp3) is 0.400. The standard InChI is InChI=1S/C10H14F2N2S/c11-10(12)15-9-5-2-1-4-8(9)14-7-3-6-13/h1-2,4-5,10,14H,3,6-7,13H2. The number of alkyl halides is 2.